The monoisotopic (exact) mass is 477 g/mol. The van der Waals surface area contributed by atoms with E-state index in [0.29, 0.717) is 29.2 Å². The third-order valence-corrected chi connectivity index (χ3v) is 8.76. The van der Waals surface area contributed by atoms with Gasteiger partial charge in [0.05, 0.1) is 11.5 Å². The van der Waals surface area contributed by atoms with Crippen LogP contribution in [0.15, 0.2) is 33.9 Å². The highest BCUT2D eigenvalue weighted by Crippen LogP contribution is 2.58. The minimum absolute atomic E-state index is 0.00484. The molecule has 0 radical (unpaired) electrons. The summed E-state index contributed by atoms with van der Waals surface area (Å²) in [6.07, 6.45) is 9.54. The number of benzene rings is 1. The predicted molar refractivity (Wildman–Crippen MR) is 125 cm³/mol. The van der Waals surface area contributed by atoms with Gasteiger partial charge in [-0.2, -0.15) is 11.8 Å². The molecule has 0 N–H and O–H groups in total. The Morgan fingerprint density at radius 2 is 1.77 bits per heavy atom. The van der Waals surface area contributed by atoms with E-state index in [1.54, 1.807) is 11.8 Å². The Balaban J connectivity index is 1.35. The van der Waals surface area contributed by atoms with E-state index in [1.807, 2.05) is 30.5 Å². The molecular formula is C23H28ClN3O2S2. The number of carbonyl (C=O) groups excluding carboxylic acids is 1. The molecule has 1 amide bonds. The summed E-state index contributed by atoms with van der Waals surface area (Å²) in [5.74, 6) is 4.15. The van der Waals surface area contributed by atoms with Gasteiger partial charge >= 0.3 is 0 Å². The van der Waals surface area contributed by atoms with Gasteiger partial charge < -0.3 is 9.32 Å². The molecule has 6 rings (SSSR count). The van der Waals surface area contributed by atoms with Gasteiger partial charge in [0.2, 0.25) is 11.8 Å². The molecule has 8 heteroatoms. The van der Waals surface area contributed by atoms with Gasteiger partial charge in [0.25, 0.3) is 5.22 Å². The number of thioether (sulfide) groups is 2. The maximum Gasteiger partial charge on any atom is 0.277 e. The van der Waals surface area contributed by atoms with Gasteiger partial charge in [-0.3, -0.25) is 4.79 Å². The van der Waals surface area contributed by atoms with Gasteiger partial charge in [-0.05, 0) is 80.2 Å². The zero-order chi connectivity index (χ0) is 21.4. The molecule has 0 spiro atoms. The topological polar surface area (TPSA) is 59.2 Å². The van der Waals surface area contributed by atoms with Gasteiger partial charge in [-0.25, -0.2) is 0 Å². The lowest BCUT2D eigenvalue weighted by molar-refractivity contribution is -0.149. The number of halogens is 1. The van der Waals surface area contributed by atoms with E-state index in [0.717, 1.165) is 47.6 Å². The number of hydrogen-bond donors (Lipinski definition) is 0. The second kappa shape index (κ2) is 8.99. The van der Waals surface area contributed by atoms with Crippen LogP contribution in [-0.4, -0.2) is 38.6 Å². The van der Waals surface area contributed by atoms with E-state index in [2.05, 4.69) is 15.1 Å². The van der Waals surface area contributed by atoms with Crippen LogP contribution in [0.25, 0.3) is 0 Å². The smallest absolute Gasteiger partial charge is 0.277 e. The van der Waals surface area contributed by atoms with Crippen molar-refractivity contribution in [1.82, 2.24) is 15.1 Å². The van der Waals surface area contributed by atoms with Crippen LogP contribution in [0.4, 0.5) is 0 Å². The van der Waals surface area contributed by atoms with Crippen molar-refractivity contribution in [3.05, 3.63) is 40.7 Å². The Bertz CT molecular complexity index is 898. The molecule has 1 heterocycles. The molecule has 0 saturated heterocycles. The van der Waals surface area contributed by atoms with E-state index in [-0.39, 0.29) is 11.4 Å². The lowest BCUT2D eigenvalue weighted by Crippen LogP contribution is -2.61. The molecule has 4 aliphatic carbocycles. The number of carbonyl (C=O) groups is 1. The maximum atomic E-state index is 13.6. The molecule has 4 bridgehead atoms. The van der Waals surface area contributed by atoms with Crippen molar-refractivity contribution in [1.29, 1.82) is 0 Å². The number of nitrogens with zero attached hydrogens (tertiary/aromatic N) is 3. The first-order valence-corrected chi connectivity index (χ1v) is 13.8. The fourth-order valence-corrected chi connectivity index (χ4v) is 7.51. The molecule has 1 aromatic carbocycles. The van der Waals surface area contributed by atoms with Crippen molar-refractivity contribution in [3.63, 3.8) is 0 Å². The number of amides is 1. The summed E-state index contributed by atoms with van der Waals surface area (Å²) in [6, 6.07) is 7.92. The van der Waals surface area contributed by atoms with Crippen LogP contribution in [-0.2, 0) is 17.1 Å². The highest BCUT2D eigenvalue weighted by Gasteiger charge is 2.54. The van der Waals surface area contributed by atoms with Gasteiger partial charge in [-0.15, -0.1) is 10.2 Å². The number of aromatic nitrogens is 2. The second-order valence-corrected chi connectivity index (χ2v) is 11.7. The summed E-state index contributed by atoms with van der Waals surface area (Å²) in [6.45, 7) is 0.643. The van der Waals surface area contributed by atoms with E-state index >= 15 is 0 Å². The van der Waals surface area contributed by atoms with Crippen LogP contribution >= 0.6 is 35.1 Å². The normalized spacial score (nSPS) is 28.8. The van der Waals surface area contributed by atoms with Crippen LogP contribution in [0.3, 0.4) is 0 Å². The predicted octanol–water partition coefficient (Wildman–Crippen LogP) is 5.68. The first-order chi connectivity index (χ1) is 15.0. The third-order valence-electron chi connectivity index (χ3n) is 7.17. The first kappa shape index (κ1) is 21.7. The second-order valence-electron chi connectivity index (χ2n) is 9.43. The van der Waals surface area contributed by atoms with E-state index in [1.165, 1.54) is 31.0 Å². The van der Waals surface area contributed by atoms with Crippen LogP contribution in [0.1, 0.15) is 50.0 Å². The van der Waals surface area contributed by atoms with E-state index in [9.17, 15) is 4.79 Å². The van der Waals surface area contributed by atoms with Gasteiger partial charge in [-0.1, -0.05) is 35.5 Å². The Kier molecular flexibility index (Phi) is 6.28. The molecule has 166 valence electrons. The van der Waals surface area contributed by atoms with E-state index in [4.69, 9.17) is 16.0 Å². The molecule has 1 aromatic heterocycles. The standard InChI is InChI=1S/C23H28ClN3O2S2/c1-30-13-20-25-26-22(29-20)31-14-21(28)27(12-15-2-4-19(24)5-3-15)23-9-16-6-17(10-23)8-18(7-16)11-23/h2-5,16-18H,6-14H2,1H3. The largest absolute Gasteiger partial charge is 0.415 e. The van der Waals surface area contributed by atoms with Crippen molar-refractivity contribution in [2.75, 3.05) is 12.0 Å². The van der Waals surface area contributed by atoms with Crippen molar-refractivity contribution < 1.29 is 9.21 Å². The molecule has 4 aliphatic rings. The molecular weight excluding hydrogens is 450 g/mol. The van der Waals surface area contributed by atoms with Crippen molar-refractivity contribution in [3.8, 4) is 0 Å². The van der Waals surface area contributed by atoms with Gasteiger partial charge in [0, 0.05) is 17.1 Å². The summed E-state index contributed by atoms with van der Waals surface area (Å²) in [7, 11) is 0. The van der Waals surface area contributed by atoms with Gasteiger partial charge in [0.1, 0.15) is 0 Å². The molecule has 4 fully saturated rings. The number of hydrogen-bond acceptors (Lipinski definition) is 6. The quantitative estimate of drug-likeness (QED) is 0.456. The van der Waals surface area contributed by atoms with Crippen molar-refractivity contribution in [2.45, 2.75) is 61.6 Å². The fourth-order valence-electron chi connectivity index (χ4n) is 6.37. The third kappa shape index (κ3) is 4.64. The highest BCUT2D eigenvalue weighted by molar-refractivity contribution is 7.99. The van der Waals surface area contributed by atoms with Crippen LogP contribution in [0.2, 0.25) is 5.02 Å². The zero-order valence-electron chi connectivity index (χ0n) is 17.8. The highest BCUT2D eigenvalue weighted by atomic mass is 35.5. The summed E-state index contributed by atoms with van der Waals surface area (Å²) in [5.41, 5.74) is 1.14. The minimum Gasteiger partial charge on any atom is -0.415 e. The average molecular weight is 478 g/mol. The average Bonchev–Trinajstić information content (AvgIpc) is 3.18. The molecule has 4 saturated carbocycles. The van der Waals surface area contributed by atoms with Crippen LogP contribution in [0, 0.1) is 17.8 Å². The van der Waals surface area contributed by atoms with Gasteiger partial charge in [0.15, 0.2) is 0 Å². The molecule has 0 unspecified atom stereocenters. The molecule has 31 heavy (non-hydrogen) atoms. The van der Waals surface area contributed by atoms with Crippen LogP contribution in [0.5, 0.6) is 0 Å². The summed E-state index contributed by atoms with van der Waals surface area (Å²) >= 11 is 9.10. The number of rotatable bonds is 8. The molecule has 0 atom stereocenters. The van der Waals surface area contributed by atoms with Crippen molar-refractivity contribution in [2.24, 2.45) is 17.8 Å². The first-order valence-electron chi connectivity index (χ1n) is 11.0. The Hall–Kier alpha value is -1.18. The molecule has 0 aliphatic heterocycles. The van der Waals surface area contributed by atoms with Crippen LogP contribution < -0.4 is 0 Å². The Morgan fingerprint density at radius 1 is 1.13 bits per heavy atom. The lowest BCUT2D eigenvalue weighted by atomic mass is 9.52. The van der Waals surface area contributed by atoms with Crippen molar-refractivity contribution >= 4 is 41.0 Å². The molecule has 2 aromatic rings. The Morgan fingerprint density at radius 3 is 2.39 bits per heavy atom. The SMILES string of the molecule is CSCc1nnc(SCC(=O)N(Cc2ccc(Cl)cc2)C23CC4CC(CC(C4)C2)C3)o1. The Labute approximate surface area is 197 Å². The molecule has 5 nitrogen and oxygen atoms in total. The zero-order valence-corrected chi connectivity index (χ0v) is 20.1. The summed E-state index contributed by atoms with van der Waals surface area (Å²) in [4.78, 5) is 15.8. The fraction of sp³-hybridized carbons (Fsp3) is 0.609. The summed E-state index contributed by atoms with van der Waals surface area (Å²) in [5, 5.41) is 9.37. The lowest BCUT2D eigenvalue weighted by Gasteiger charge is -2.60. The minimum atomic E-state index is 0.00484. The summed E-state index contributed by atoms with van der Waals surface area (Å²) < 4.78 is 5.67. The van der Waals surface area contributed by atoms with E-state index < -0.39 is 0 Å². The maximum absolute atomic E-state index is 13.6.